The summed E-state index contributed by atoms with van der Waals surface area (Å²) >= 11 is 0. The highest BCUT2D eigenvalue weighted by Gasteiger charge is 2.19. The molecule has 56 heavy (non-hydrogen) atoms. The van der Waals surface area contributed by atoms with E-state index in [0.717, 1.165) is 96.3 Å². The van der Waals surface area contributed by atoms with Crippen LogP contribution < -0.4 is 0 Å². The van der Waals surface area contributed by atoms with Crippen molar-refractivity contribution >= 4 is 17.9 Å². The Hall–Kier alpha value is -2.63. The Morgan fingerprint density at radius 2 is 0.714 bits per heavy atom. The van der Waals surface area contributed by atoms with Crippen LogP contribution >= 0.6 is 0 Å². The molecule has 6 heteroatoms. The van der Waals surface area contributed by atoms with Crippen molar-refractivity contribution in [3.05, 3.63) is 48.6 Å². The predicted molar refractivity (Wildman–Crippen MR) is 238 cm³/mol. The molecule has 1 atom stereocenters. The molecule has 0 rings (SSSR count). The molecule has 0 heterocycles. The van der Waals surface area contributed by atoms with Crippen LogP contribution in [0.15, 0.2) is 48.6 Å². The van der Waals surface area contributed by atoms with Crippen LogP contribution in [0.2, 0.25) is 0 Å². The van der Waals surface area contributed by atoms with E-state index in [-0.39, 0.29) is 31.1 Å². The summed E-state index contributed by atoms with van der Waals surface area (Å²) in [4.78, 5) is 37.8. The quantitative estimate of drug-likeness (QED) is 0.0265. The molecule has 0 aromatic carbocycles. The van der Waals surface area contributed by atoms with Gasteiger partial charge in [-0.3, -0.25) is 14.4 Å². The summed E-state index contributed by atoms with van der Waals surface area (Å²) in [6.45, 7) is 6.45. The Bertz CT molecular complexity index is 996. The van der Waals surface area contributed by atoms with Gasteiger partial charge in [0, 0.05) is 19.3 Å². The molecule has 0 aromatic rings. The maximum atomic E-state index is 12.7. The maximum absolute atomic E-state index is 12.7. The van der Waals surface area contributed by atoms with E-state index in [1.165, 1.54) is 96.3 Å². The normalized spacial score (nSPS) is 12.4. The molecular formula is C50H88O6. The van der Waals surface area contributed by atoms with Gasteiger partial charge >= 0.3 is 17.9 Å². The first-order valence-electron chi connectivity index (χ1n) is 23.6. The van der Waals surface area contributed by atoms with Crippen LogP contribution in [0.25, 0.3) is 0 Å². The van der Waals surface area contributed by atoms with Crippen LogP contribution in [0.3, 0.4) is 0 Å². The van der Waals surface area contributed by atoms with Crippen LogP contribution in [0.1, 0.15) is 233 Å². The van der Waals surface area contributed by atoms with Crippen LogP contribution in [-0.4, -0.2) is 37.2 Å². The monoisotopic (exact) mass is 785 g/mol. The van der Waals surface area contributed by atoms with Gasteiger partial charge in [0.1, 0.15) is 13.2 Å². The van der Waals surface area contributed by atoms with Crippen molar-refractivity contribution in [3.8, 4) is 0 Å². The first-order chi connectivity index (χ1) is 27.5. The highest BCUT2D eigenvalue weighted by Crippen LogP contribution is 2.13. The van der Waals surface area contributed by atoms with Gasteiger partial charge in [-0.1, -0.05) is 172 Å². The van der Waals surface area contributed by atoms with E-state index in [9.17, 15) is 14.4 Å². The number of carbonyl (C=O) groups is 3. The van der Waals surface area contributed by atoms with Crippen LogP contribution in [-0.2, 0) is 28.6 Å². The Labute approximate surface area is 346 Å². The highest BCUT2D eigenvalue weighted by molar-refractivity contribution is 5.71. The zero-order chi connectivity index (χ0) is 40.8. The number of esters is 3. The van der Waals surface area contributed by atoms with Gasteiger partial charge in [-0.2, -0.15) is 0 Å². The molecule has 0 fully saturated rings. The van der Waals surface area contributed by atoms with Crippen molar-refractivity contribution in [3.63, 3.8) is 0 Å². The molecule has 0 saturated carbocycles. The van der Waals surface area contributed by atoms with E-state index in [1.54, 1.807) is 0 Å². The van der Waals surface area contributed by atoms with Crippen molar-refractivity contribution < 1.29 is 28.6 Å². The lowest BCUT2D eigenvalue weighted by Gasteiger charge is -2.18. The van der Waals surface area contributed by atoms with Crippen LogP contribution in [0.5, 0.6) is 0 Å². The summed E-state index contributed by atoms with van der Waals surface area (Å²) in [6.07, 6.45) is 52.3. The lowest BCUT2D eigenvalue weighted by Crippen LogP contribution is -2.30. The van der Waals surface area contributed by atoms with E-state index in [1.807, 2.05) is 0 Å². The van der Waals surface area contributed by atoms with Gasteiger partial charge < -0.3 is 14.2 Å². The maximum Gasteiger partial charge on any atom is 0.306 e. The Morgan fingerprint density at radius 3 is 1.16 bits per heavy atom. The molecule has 0 N–H and O–H groups in total. The Kier molecular flexibility index (Phi) is 43.0. The third-order valence-corrected chi connectivity index (χ3v) is 10.0. The smallest absolute Gasteiger partial charge is 0.306 e. The predicted octanol–water partition coefficient (Wildman–Crippen LogP) is 15.1. The molecule has 0 aliphatic heterocycles. The summed E-state index contributed by atoms with van der Waals surface area (Å²) in [5.74, 6) is -0.919. The molecule has 1 unspecified atom stereocenters. The van der Waals surface area contributed by atoms with E-state index in [2.05, 4.69) is 69.4 Å². The van der Waals surface area contributed by atoms with Crippen molar-refractivity contribution in [2.75, 3.05) is 13.2 Å². The fourth-order valence-corrected chi connectivity index (χ4v) is 6.45. The number of allylic oxidation sites excluding steroid dienone is 8. The van der Waals surface area contributed by atoms with E-state index in [4.69, 9.17) is 14.2 Å². The van der Waals surface area contributed by atoms with E-state index >= 15 is 0 Å². The number of hydrogen-bond acceptors (Lipinski definition) is 6. The van der Waals surface area contributed by atoms with Crippen molar-refractivity contribution in [2.45, 2.75) is 239 Å². The molecule has 0 aliphatic carbocycles. The number of unbranched alkanes of at least 4 members (excludes halogenated alkanes) is 23. The molecule has 0 spiro atoms. The first kappa shape index (κ1) is 53.4. The molecule has 0 aliphatic rings. The minimum atomic E-state index is -0.784. The molecule has 6 nitrogen and oxygen atoms in total. The second-order valence-electron chi connectivity index (χ2n) is 15.6. The van der Waals surface area contributed by atoms with Gasteiger partial charge in [-0.15, -0.1) is 0 Å². The van der Waals surface area contributed by atoms with E-state index < -0.39 is 6.10 Å². The zero-order valence-electron chi connectivity index (χ0n) is 36.9. The van der Waals surface area contributed by atoms with Crippen LogP contribution in [0, 0.1) is 0 Å². The average Bonchev–Trinajstić information content (AvgIpc) is 3.19. The molecule has 0 saturated heterocycles. The fraction of sp³-hybridized carbons (Fsp3) is 0.780. The van der Waals surface area contributed by atoms with Gasteiger partial charge in [0.2, 0.25) is 0 Å². The molecule has 0 aromatic heterocycles. The van der Waals surface area contributed by atoms with Crippen LogP contribution in [0.4, 0.5) is 0 Å². The zero-order valence-corrected chi connectivity index (χ0v) is 36.9. The fourth-order valence-electron chi connectivity index (χ4n) is 6.45. The lowest BCUT2D eigenvalue weighted by molar-refractivity contribution is -0.167. The highest BCUT2D eigenvalue weighted by atomic mass is 16.6. The summed E-state index contributed by atoms with van der Waals surface area (Å²) in [7, 11) is 0. The van der Waals surface area contributed by atoms with Gasteiger partial charge in [0.15, 0.2) is 6.10 Å². The minimum Gasteiger partial charge on any atom is -0.462 e. The SMILES string of the molecule is CC/C=C\C/C=C\CCCCCCCCCC(=O)OCC(COC(=O)CCCCCCC/C=C\CCCC)OC(=O)CCCCC/C=C\CCCCCCCC. The third-order valence-electron chi connectivity index (χ3n) is 10.0. The van der Waals surface area contributed by atoms with Gasteiger partial charge in [0.25, 0.3) is 0 Å². The van der Waals surface area contributed by atoms with Crippen molar-refractivity contribution in [2.24, 2.45) is 0 Å². The van der Waals surface area contributed by atoms with Crippen molar-refractivity contribution in [1.82, 2.24) is 0 Å². The summed E-state index contributed by atoms with van der Waals surface area (Å²) in [5.41, 5.74) is 0. The largest absolute Gasteiger partial charge is 0.462 e. The molecule has 0 radical (unpaired) electrons. The first-order valence-corrected chi connectivity index (χ1v) is 23.6. The van der Waals surface area contributed by atoms with Gasteiger partial charge in [0.05, 0.1) is 0 Å². The standard InChI is InChI=1S/C50H88O6/c1-4-7-10-13-16-19-22-24-26-28-31-34-37-40-43-49(52)55-46-47(45-54-48(51)42-39-36-33-30-27-21-18-15-12-9-6-3)56-50(53)44-41-38-35-32-29-25-23-20-17-14-11-8-5-2/h7,10,15-16,18-19,25,29,47H,4-6,8-9,11-14,17,20-24,26-28,30-46H2,1-3H3/b10-7-,18-15-,19-16-,29-25-. The molecule has 0 amide bonds. The molecule has 324 valence electrons. The number of carbonyl (C=O) groups excluding carboxylic acids is 3. The second kappa shape index (κ2) is 45.1. The number of rotatable bonds is 42. The number of hydrogen-bond donors (Lipinski definition) is 0. The second-order valence-corrected chi connectivity index (χ2v) is 15.6. The minimum absolute atomic E-state index is 0.0858. The Balaban J connectivity index is 4.41. The summed E-state index contributed by atoms with van der Waals surface area (Å²) < 4.78 is 16.7. The van der Waals surface area contributed by atoms with Crippen molar-refractivity contribution in [1.29, 1.82) is 0 Å². The third kappa shape index (κ3) is 42.5. The molecular weight excluding hydrogens is 697 g/mol. The van der Waals surface area contributed by atoms with Gasteiger partial charge in [-0.25, -0.2) is 0 Å². The average molecular weight is 785 g/mol. The van der Waals surface area contributed by atoms with E-state index in [0.29, 0.717) is 19.3 Å². The summed E-state index contributed by atoms with van der Waals surface area (Å²) in [6, 6.07) is 0. The Morgan fingerprint density at radius 1 is 0.375 bits per heavy atom. The molecule has 0 bridgehead atoms. The number of ether oxygens (including phenoxy) is 3. The topological polar surface area (TPSA) is 78.9 Å². The lowest BCUT2D eigenvalue weighted by atomic mass is 10.1. The summed E-state index contributed by atoms with van der Waals surface area (Å²) in [5, 5.41) is 0. The van der Waals surface area contributed by atoms with Gasteiger partial charge in [-0.05, 0) is 89.9 Å².